The lowest BCUT2D eigenvalue weighted by atomic mass is 10.3. The normalized spacial score (nSPS) is 12.1. The molecular formula is C20H20N6O2S2. The number of nitrogens with zero attached hydrogens (tertiary/aromatic N) is 4. The Hall–Kier alpha value is -3.11. The second kappa shape index (κ2) is 8.33. The summed E-state index contributed by atoms with van der Waals surface area (Å²) < 4.78 is 3.26. The highest BCUT2D eigenvalue weighted by Gasteiger charge is 2.22. The van der Waals surface area contributed by atoms with E-state index in [1.54, 1.807) is 36.9 Å². The molecule has 0 radical (unpaired) electrons. The number of aromatic nitrogens is 5. The van der Waals surface area contributed by atoms with Crippen molar-refractivity contribution >= 4 is 34.7 Å². The maximum atomic E-state index is 13.0. The van der Waals surface area contributed by atoms with Crippen molar-refractivity contribution in [3.63, 3.8) is 0 Å². The Kier molecular flexibility index (Phi) is 5.60. The van der Waals surface area contributed by atoms with Crippen molar-refractivity contribution in [3.05, 3.63) is 63.9 Å². The van der Waals surface area contributed by atoms with Crippen LogP contribution >= 0.6 is 23.1 Å². The van der Waals surface area contributed by atoms with Gasteiger partial charge in [0, 0.05) is 7.05 Å². The summed E-state index contributed by atoms with van der Waals surface area (Å²) in [5, 5.41) is 11.8. The molecule has 0 aliphatic rings. The lowest BCUT2D eigenvalue weighted by Crippen LogP contribution is -2.27. The molecule has 154 valence electrons. The van der Waals surface area contributed by atoms with Gasteiger partial charge in [-0.25, -0.2) is 9.67 Å². The van der Waals surface area contributed by atoms with Crippen molar-refractivity contribution in [1.29, 1.82) is 0 Å². The van der Waals surface area contributed by atoms with Crippen LogP contribution in [0, 0.1) is 6.92 Å². The second-order valence-corrected chi connectivity index (χ2v) is 8.89. The number of para-hydroxylation sites is 1. The van der Waals surface area contributed by atoms with Gasteiger partial charge < -0.3 is 5.32 Å². The number of thiophene rings is 1. The van der Waals surface area contributed by atoms with Crippen LogP contribution in [0.5, 0.6) is 0 Å². The first-order valence-corrected chi connectivity index (χ1v) is 11.0. The van der Waals surface area contributed by atoms with Crippen LogP contribution in [0.25, 0.3) is 16.4 Å². The highest BCUT2D eigenvalue weighted by atomic mass is 32.2. The van der Waals surface area contributed by atoms with E-state index in [0.29, 0.717) is 16.7 Å². The molecule has 0 saturated heterocycles. The fraction of sp³-hybridized carbons (Fsp3) is 0.200. The lowest BCUT2D eigenvalue weighted by Gasteiger charge is -2.09. The first kappa shape index (κ1) is 20.2. The van der Waals surface area contributed by atoms with Crippen molar-refractivity contribution in [3.8, 4) is 16.4 Å². The molecule has 0 aliphatic heterocycles. The number of amides is 1. The standard InChI is InChI=1S/C20H20N6O2S2/c1-12-16(19(28)26(25(12)3)14-8-5-4-6-9-14)21-18(27)13(2)30-20-22-17(23-24-20)15-10-7-11-29-15/h4-11,13H,1-3H3,(H,21,27)(H,22,23,24). The topological polar surface area (TPSA) is 97.6 Å². The third kappa shape index (κ3) is 3.83. The molecular weight excluding hydrogens is 420 g/mol. The van der Waals surface area contributed by atoms with Gasteiger partial charge in [0.2, 0.25) is 11.1 Å². The van der Waals surface area contributed by atoms with E-state index in [2.05, 4.69) is 20.5 Å². The van der Waals surface area contributed by atoms with Gasteiger partial charge >= 0.3 is 0 Å². The first-order chi connectivity index (χ1) is 14.5. The van der Waals surface area contributed by atoms with E-state index >= 15 is 0 Å². The van der Waals surface area contributed by atoms with Gasteiger partial charge in [0.25, 0.3) is 5.56 Å². The van der Waals surface area contributed by atoms with Gasteiger partial charge in [-0.3, -0.25) is 19.4 Å². The molecule has 30 heavy (non-hydrogen) atoms. The lowest BCUT2D eigenvalue weighted by molar-refractivity contribution is -0.115. The molecule has 0 aliphatic carbocycles. The van der Waals surface area contributed by atoms with Gasteiger partial charge in [0.1, 0.15) is 5.69 Å². The third-order valence-corrected chi connectivity index (χ3v) is 6.51. The summed E-state index contributed by atoms with van der Waals surface area (Å²) in [4.78, 5) is 31.1. The molecule has 4 rings (SSSR count). The van der Waals surface area contributed by atoms with Gasteiger partial charge in [-0.1, -0.05) is 36.0 Å². The number of rotatable bonds is 6. The molecule has 10 heteroatoms. The maximum absolute atomic E-state index is 13.0. The molecule has 2 N–H and O–H groups in total. The van der Waals surface area contributed by atoms with Crippen LogP contribution in [0.2, 0.25) is 0 Å². The van der Waals surface area contributed by atoms with Crippen molar-refractivity contribution in [2.75, 3.05) is 5.32 Å². The molecule has 3 aromatic heterocycles. The smallest absolute Gasteiger partial charge is 0.295 e. The van der Waals surface area contributed by atoms with E-state index in [1.165, 1.54) is 16.4 Å². The molecule has 1 unspecified atom stereocenters. The van der Waals surface area contributed by atoms with Crippen LogP contribution in [-0.4, -0.2) is 35.7 Å². The number of H-pyrrole nitrogens is 1. The number of benzene rings is 1. The number of nitrogens with one attached hydrogen (secondary N) is 2. The predicted molar refractivity (Wildman–Crippen MR) is 119 cm³/mol. The largest absolute Gasteiger partial charge is 0.319 e. The van der Waals surface area contributed by atoms with Crippen LogP contribution in [0.1, 0.15) is 12.6 Å². The van der Waals surface area contributed by atoms with Crippen LogP contribution in [0.3, 0.4) is 0 Å². The Morgan fingerprint density at radius 1 is 1.23 bits per heavy atom. The summed E-state index contributed by atoms with van der Waals surface area (Å²) in [5.41, 5.74) is 1.41. The average molecular weight is 441 g/mol. The number of carbonyl (C=O) groups excluding carboxylic acids is 1. The van der Waals surface area contributed by atoms with E-state index < -0.39 is 5.25 Å². The molecule has 3 heterocycles. The average Bonchev–Trinajstić information content (AvgIpc) is 3.47. The predicted octanol–water partition coefficient (Wildman–Crippen LogP) is 3.45. The highest BCUT2D eigenvalue weighted by molar-refractivity contribution is 8.00. The Morgan fingerprint density at radius 2 is 2.00 bits per heavy atom. The van der Waals surface area contributed by atoms with Crippen molar-refractivity contribution in [2.45, 2.75) is 24.3 Å². The SMILES string of the molecule is Cc1c(NC(=O)C(C)Sc2n[nH]c(-c3cccs3)n2)c(=O)n(-c2ccccc2)n1C. The molecule has 1 aromatic carbocycles. The summed E-state index contributed by atoms with van der Waals surface area (Å²) in [6, 6.07) is 13.2. The van der Waals surface area contributed by atoms with Gasteiger partial charge in [-0.2, -0.15) is 0 Å². The van der Waals surface area contributed by atoms with Gasteiger partial charge in [0.15, 0.2) is 5.82 Å². The van der Waals surface area contributed by atoms with E-state index in [9.17, 15) is 9.59 Å². The van der Waals surface area contributed by atoms with Crippen molar-refractivity contribution in [1.82, 2.24) is 24.5 Å². The molecule has 8 nitrogen and oxygen atoms in total. The molecule has 0 fully saturated rings. The van der Waals surface area contributed by atoms with Crippen LogP contribution in [-0.2, 0) is 11.8 Å². The molecule has 4 aromatic rings. The minimum absolute atomic E-state index is 0.271. The summed E-state index contributed by atoms with van der Waals surface area (Å²) >= 11 is 2.79. The summed E-state index contributed by atoms with van der Waals surface area (Å²) in [6.45, 7) is 3.56. The van der Waals surface area contributed by atoms with E-state index in [1.807, 2.05) is 47.8 Å². The zero-order valence-corrected chi connectivity index (χ0v) is 18.3. The maximum Gasteiger partial charge on any atom is 0.295 e. The number of hydrogen-bond acceptors (Lipinski definition) is 6. The fourth-order valence-corrected chi connectivity index (χ4v) is 4.36. The van der Waals surface area contributed by atoms with Crippen LogP contribution in [0.15, 0.2) is 57.8 Å². The highest BCUT2D eigenvalue weighted by Crippen LogP contribution is 2.26. The molecule has 0 bridgehead atoms. The van der Waals surface area contributed by atoms with Crippen LogP contribution in [0.4, 0.5) is 5.69 Å². The van der Waals surface area contributed by atoms with Crippen molar-refractivity contribution in [2.24, 2.45) is 7.05 Å². The van der Waals surface area contributed by atoms with Gasteiger partial charge in [-0.15, -0.1) is 16.4 Å². The zero-order valence-electron chi connectivity index (χ0n) is 16.6. The molecule has 0 saturated carbocycles. The third-order valence-electron chi connectivity index (χ3n) is 4.67. The quantitative estimate of drug-likeness (QED) is 0.448. The summed E-state index contributed by atoms with van der Waals surface area (Å²) in [5.74, 6) is 0.387. The number of anilines is 1. The first-order valence-electron chi connectivity index (χ1n) is 9.23. The number of hydrogen-bond donors (Lipinski definition) is 2. The van der Waals surface area contributed by atoms with E-state index in [-0.39, 0.29) is 17.2 Å². The minimum atomic E-state index is -0.485. The van der Waals surface area contributed by atoms with Crippen LogP contribution < -0.4 is 10.9 Å². The van der Waals surface area contributed by atoms with Crippen molar-refractivity contribution < 1.29 is 4.79 Å². The number of thioether (sulfide) groups is 1. The molecule has 0 spiro atoms. The molecule has 1 atom stereocenters. The zero-order chi connectivity index (χ0) is 21.3. The Morgan fingerprint density at radius 3 is 2.70 bits per heavy atom. The van der Waals surface area contributed by atoms with Gasteiger partial charge in [-0.05, 0) is 37.4 Å². The Balaban J connectivity index is 1.51. The number of carbonyl (C=O) groups is 1. The minimum Gasteiger partial charge on any atom is -0.319 e. The number of aromatic amines is 1. The van der Waals surface area contributed by atoms with E-state index in [0.717, 1.165) is 10.6 Å². The summed E-state index contributed by atoms with van der Waals surface area (Å²) in [6.07, 6.45) is 0. The van der Waals surface area contributed by atoms with E-state index in [4.69, 9.17) is 0 Å². The van der Waals surface area contributed by atoms with Gasteiger partial charge in [0.05, 0.1) is 21.5 Å². The summed E-state index contributed by atoms with van der Waals surface area (Å²) in [7, 11) is 1.79. The fourth-order valence-electron chi connectivity index (χ4n) is 2.97. The monoisotopic (exact) mass is 440 g/mol. The Labute approximate surface area is 180 Å². The molecule has 1 amide bonds. The second-order valence-electron chi connectivity index (χ2n) is 6.63. The Bertz CT molecular complexity index is 1220.